The molecule has 5 nitrogen and oxygen atoms in total. The van der Waals surface area contributed by atoms with Crippen LogP contribution in [-0.2, 0) is 0 Å². The zero-order valence-electron chi connectivity index (χ0n) is 10.9. The summed E-state index contributed by atoms with van der Waals surface area (Å²) in [5.74, 6) is 0. The molecule has 1 fully saturated rings. The zero-order chi connectivity index (χ0) is 13.5. The largest absolute Gasteiger partial charge is 0.326 e. The first kappa shape index (κ1) is 13.5. The lowest BCUT2D eigenvalue weighted by Gasteiger charge is -2.37. The van der Waals surface area contributed by atoms with Crippen molar-refractivity contribution in [2.75, 3.05) is 6.54 Å². The Kier molecular flexibility index (Phi) is 3.44. The number of hydrogen-bond donors (Lipinski definition) is 1. The van der Waals surface area contributed by atoms with Gasteiger partial charge in [-0.3, -0.25) is 15.0 Å². The van der Waals surface area contributed by atoms with Crippen LogP contribution in [0, 0.1) is 10.1 Å². The molecular weight excluding hydrogens is 250 g/mol. The molecule has 0 bridgehead atoms. The summed E-state index contributed by atoms with van der Waals surface area (Å²) in [6.07, 6.45) is 0.938. The third-order valence-electron chi connectivity index (χ3n) is 3.39. The second-order valence-electron chi connectivity index (χ2n) is 5.69. The van der Waals surface area contributed by atoms with E-state index in [9.17, 15) is 10.1 Å². The molecule has 1 aliphatic rings. The molecule has 0 amide bonds. The molecule has 1 aromatic rings. The molecule has 2 heterocycles. The van der Waals surface area contributed by atoms with Crippen LogP contribution in [0.1, 0.15) is 38.1 Å². The van der Waals surface area contributed by atoms with Crippen LogP contribution in [0.2, 0.25) is 0 Å². The minimum atomic E-state index is -0.337. The van der Waals surface area contributed by atoms with Gasteiger partial charge in [0.2, 0.25) is 0 Å². The smallest absolute Gasteiger partial charge is 0.324 e. The Bertz CT molecular complexity index is 452. The van der Waals surface area contributed by atoms with E-state index in [0.717, 1.165) is 17.8 Å². The minimum absolute atomic E-state index is 0.0254. The van der Waals surface area contributed by atoms with Crippen LogP contribution in [0.25, 0.3) is 0 Å². The van der Waals surface area contributed by atoms with E-state index >= 15 is 0 Å². The van der Waals surface area contributed by atoms with E-state index in [-0.39, 0.29) is 27.5 Å². The van der Waals surface area contributed by atoms with Crippen molar-refractivity contribution in [3.63, 3.8) is 0 Å². The standard InChI is InChI=1S/C12H19N3O2S/c1-12(2,3)14-7-6-8(13)11(14)9-4-5-10(18-9)15(16)17/h4-5,8,11H,6-7,13H2,1-3H3. The van der Waals surface area contributed by atoms with Gasteiger partial charge in [0.15, 0.2) is 0 Å². The third-order valence-corrected chi connectivity index (χ3v) is 4.50. The highest BCUT2D eigenvalue weighted by Crippen LogP contribution is 2.40. The molecule has 1 aromatic heterocycles. The topological polar surface area (TPSA) is 72.4 Å². The molecule has 6 heteroatoms. The molecule has 18 heavy (non-hydrogen) atoms. The molecule has 0 aromatic carbocycles. The van der Waals surface area contributed by atoms with Crippen molar-refractivity contribution < 1.29 is 4.92 Å². The number of nitrogens with zero attached hydrogens (tertiary/aromatic N) is 2. The van der Waals surface area contributed by atoms with E-state index in [1.807, 2.05) is 6.07 Å². The number of hydrogen-bond acceptors (Lipinski definition) is 5. The Morgan fingerprint density at radius 1 is 1.50 bits per heavy atom. The molecule has 2 unspecified atom stereocenters. The summed E-state index contributed by atoms with van der Waals surface area (Å²) in [7, 11) is 0. The summed E-state index contributed by atoms with van der Waals surface area (Å²) in [5.41, 5.74) is 6.20. The Morgan fingerprint density at radius 3 is 2.67 bits per heavy atom. The van der Waals surface area contributed by atoms with Crippen molar-refractivity contribution in [1.82, 2.24) is 4.90 Å². The van der Waals surface area contributed by atoms with E-state index in [1.54, 1.807) is 6.07 Å². The van der Waals surface area contributed by atoms with Gasteiger partial charge in [0, 0.05) is 29.1 Å². The van der Waals surface area contributed by atoms with Crippen LogP contribution in [0.5, 0.6) is 0 Å². The van der Waals surface area contributed by atoms with Crippen LogP contribution in [0.3, 0.4) is 0 Å². The molecule has 1 aliphatic heterocycles. The van der Waals surface area contributed by atoms with Gasteiger partial charge in [-0.05, 0) is 33.3 Å². The average molecular weight is 269 g/mol. The Balaban J connectivity index is 2.31. The predicted molar refractivity (Wildman–Crippen MR) is 72.8 cm³/mol. The first-order chi connectivity index (χ1) is 8.30. The first-order valence-corrected chi connectivity index (χ1v) is 6.89. The lowest BCUT2D eigenvalue weighted by molar-refractivity contribution is -0.380. The fourth-order valence-corrected chi connectivity index (χ4v) is 3.54. The van der Waals surface area contributed by atoms with Crippen molar-refractivity contribution in [3.05, 3.63) is 27.1 Å². The highest BCUT2D eigenvalue weighted by molar-refractivity contribution is 7.15. The molecule has 0 radical (unpaired) electrons. The van der Waals surface area contributed by atoms with E-state index < -0.39 is 0 Å². The zero-order valence-corrected chi connectivity index (χ0v) is 11.7. The molecule has 100 valence electrons. The summed E-state index contributed by atoms with van der Waals surface area (Å²) in [6, 6.07) is 3.58. The van der Waals surface area contributed by atoms with Crippen LogP contribution in [0.15, 0.2) is 12.1 Å². The molecule has 1 saturated heterocycles. The van der Waals surface area contributed by atoms with Gasteiger partial charge >= 0.3 is 5.00 Å². The van der Waals surface area contributed by atoms with E-state index in [0.29, 0.717) is 0 Å². The molecule has 0 aliphatic carbocycles. The number of thiophene rings is 1. The molecule has 2 rings (SSSR count). The average Bonchev–Trinajstić information content (AvgIpc) is 2.81. The normalized spacial score (nSPS) is 25.6. The molecular formula is C12H19N3O2S. The van der Waals surface area contributed by atoms with Crippen LogP contribution >= 0.6 is 11.3 Å². The Morgan fingerprint density at radius 2 is 2.17 bits per heavy atom. The summed E-state index contributed by atoms with van der Waals surface area (Å²) in [5, 5.41) is 11.0. The number of nitrogens with two attached hydrogens (primary N) is 1. The van der Waals surface area contributed by atoms with Crippen molar-refractivity contribution in [2.24, 2.45) is 5.73 Å². The summed E-state index contributed by atoms with van der Waals surface area (Å²) in [4.78, 5) is 13.8. The minimum Gasteiger partial charge on any atom is -0.326 e. The maximum absolute atomic E-state index is 10.8. The third kappa shape index (κ3) is 2.41. The van der Waals surface area contributed by atoms with Gasteiger partial charge in [0.05, 0.1) is 11.0 Å². The lowest BCUT2D eigenvalue weighted by Crippen LogP contribution is -2.43. The van der Waals surface area contributed by atoms with Crippen LogP contribution < -0.4 is 5.73 Å². The number of nitro groups is 1. The fourth-order valence-electron chi connectivity index (χ4n) is 2.53. The Hall–Kier alpha value is -0.980. The van der Waals surface area contributed by atoms with Gasteiger partial charge in [-0.2, -0.15) is 0 Å². The summed E-state index contributed by atoms with van der Waals surface area (Å²) in [6.45, 7) is 7.40. The second-order valence-corrected chi connectivity index (χ2v) is 6.79. The van der Waals surface area contributed by atoms with Gasteiger partial charge in [-0.25, -0.2) is 0 Å². The summed E-state index contributed by atoms with van der Waals surface area (Å²) >= 11 is 1.24. The Labute approximate surface area is 111 Å². The van der Waals surface area contributed by atoms with E-state index in [1.165, 1.54) is 11.3 Å². The monoisotopic (exact) mass is 269 g/mol. The number of rotatable bonds is 2. The summed E-state index contributed by atoms with van der Waals surface area (Å²) < 4.78 is 0. The maximum Gasteiger partial charge on any atom is 0.324 e. The molecule has 2 N–H and O–H groups in total. The quantitative estimate of drug-likeness (QED) is 0.661. The maximum atomic E-state index is 10.8. The SMILES string of the molecule is CC(C)(C)N1CCC(N)C1c1ccc([N+](=O)[O-])s1. The van der Waals surface area contributed by atoms with Crippen molar-refractivity contribution >= 4 is 16.3 Å². The van der Waals surface area contributed by atoms with E-state index in [2.05, 4.69) is 25.7 Å². The van der Waals surface area contributed by atoms with Gasteiger partial charge in [0.25, 0.3) is 0 Å². The van der Waals surface area contributed by atoms with Crippen LogP contribution in [-0.4, -0.2) is 27.9 Å². The highest BCUT2D eigenvalue weighted by atomic mass is 32.1. The van der Waals surface area contributed by atoms with Crippen molar-refractivity contribution in [1.29, 1.82) is 0 Å². The lowest BCUT2D eigenvalue weighted by atomic mass is 10.0. The molecule has 0 spiro atoms. The highest BCUT2D eigenvalue weighted by Gasteiger charge is 2.40. The fraction of sp³-hybridized carbons (Fsp3) is 0.667. The van der Waals surface area contributed by atoms with Crippen molar-refractivity contribution in [3.8, 4) is 0 Å². The van der Waals surface area contributed by atoms with Gasteiger partial charge in [-0.1, -0.05) is 11.3 Å². The van der Waals surface area contributed by atoms with Crippen LogP contribution in [0.4, 0.5) is 5.00 Å². The van der Waals surface area contributed by atoms with Gasteiger partial charge < -0.3 is 5.73 Å². The predicted octanol–water partition coefficient (Wildman–Crippen LogP) is 2.53. The van der Waals surface area contributed by atoms with E-state index in [4.69, 9.17) is 5.73 Å². The van der Waals surface area contributed by atoms with Gasteiger partial charge in [-0.15, -0.1) is 0 Å². The van der Waals surface area contributed by atoms with Crippen molar-refractivity contribution in [2.45, 2.75) is 44.8 Å². The molecule has 0 saturated carbocycles. The first-order valence-electron chi connectivity index (χ1n) is 6.07. The van der Waals surface area contributed by atoms with Gasteiger partial charge in [0.1, 0.15) is 0 Å². The second kappa shape index (κ2) is 4.60. The molecule has 2 atom stereocenters. The number of likely N-dealkylation sites (tertiary alicyclic amines) is 1.